The monoisotopic (exact) mass is 407 g/mol. The Bertz CT molecular complexity index is 908. The van der Waals surface area contributed by atoms with E-state index in [2.05, 4.69) is 46.1 Å². The first-order chi connectivity index (χ1) is 14.5. The van der Waals surface area contributed by atoms with Gasteiger partial charge in [0.25, 0.3) is 5.91 Å². The number of hydrogen-bond donors (Lipinski definition) is 3. The van der Waals surface area contributed by atoms with Gasteiger partial charge in [0, 0.05) is 31.7 Å². The van der Waals surface area contributed by atoms with E-state index in [1.54, 1.807) is 4.90 Å². The van der Waals surface area contributed by atoms with Crippen LogP contribution in [0.4, 0.5) is 0 Å². The lowest BCUT2D eigenvalue weighted by atomic mass is 10.1. The van der Waals surface area contributed by atoms with Crippen LogP contribution in [-0.4, -0.2) is 48.9 Å². The Kier molecular flexibility index (Phi) is 7.43. The summed E-state index contributed by atoms with van der Waals surface area (Å²) in [6.45, 7) is 7.24. The van der Waals surface area contributed by atoms with Crippen LogP contribution >= 0.6 is 0 Å². The molecule has 0 spiro atoms. The third kappa shape index (κ3) is 6.07. The molecule has 3 rings (SSSR count). The van der Waals surface area contributed by atoms with Crippen LogP contribution in [0.1, 0.15) is 34.0 Å². The molecule has 0 unspecified atom stereocenters. The zero-order chi connectivity index (χ0) is 21.3. The molecular weight excluding hydrogens is 378 g/mol. The Morgan fingerprint density at radius 3 is 2.63 bits per heavy atom. The second kappa shape index (κ2) is 10.4. The van der Waals surface area contributed by atoms with Crippen LogP contribution in [0.25, 0.3) is 0 Å². The van der Waals surface area contributed by atoms with Gasteiger partial charge in [-0.2, -0.15) is 0 Å². The molecule has 0 aliphatic carbocycles. The van der Waals surface area contributed by atoms with Gasteiger partial charge < -0.3 is 20.9 Å². The van der Waals surface area contributed by atoms with E-state index in [4.69, 9.17) is 0 Å². The zero-order valence-electron chi connectivity index (χ0n) is 17.6. The summed E-state index contributed by atoms with van der Waals surface area (Å²) in [7, 11) is 0. The predicted molar refractivity (Wildman–Crippen MR) is 118 cm³/mol. The van der Waals surface area contributed by atoms with Crippen molar-refractivity contribution in [3.63, 3.8) is 0 Å². The number of aryl methyl sites for hydroxylation is 1. The third-order valence-corrected chi connectivity index (χ3v) is 4.83. The summed E-state index contributed by atoms with van der Waals surface area (Å²) in [5, 5.41) is 9.32. The molecule has 2 amide bonds. The maximum atomic E-state index is 12.6. The largest absolute Gasteiger partial charge is 0.357 e. The second-order valence-electron chi connectivity index (χ2n) is 7.31. The van der Waals surface area contributed by atoms with E-state index in [1.165, 1.54) is 11.1 Å². The van der Waals surface area contributed by atoms with E-state index in [0.717, 1.165) is 18.1 Å². The van der Waals surface area contributed by atoms with Crippen LogP contribution in [0.5, 0.6) is 0 Å². The molecule has 1 saturated heterocycles. The number of benzene rings is 2. The van der Waals surface area contributed by atoms with E-state index < -0.39 is 0 Å². The van der Waals surface area contributed by atoms with Crippen molar-refractivity contribution < 1.29 is 9.59 Å². The number of aliphatic imine (C=N–C) groups is 1. The van der Waals surface area contributed by atoms with Crippen molar-refractivity contribution in [2.45, 2.75) is 26.9 Å². The Morgan fingerprint density at radius 2 is 1.93 bits per heavy atom. The number of rotatable bonds is 6. The van der Waals surface area contributed by atoms with Crippen LogP contribution < -0.4 is 16.0 Å². The lowest BCUT2D eigenvalue weighted by Gasteiger charge is -2.26. The molecule has 1 fully saturated rings. The van der Waals surface area contributed by atoms with Gasteiger partial charge in [0.05, 0.1) is 13.1 Å². The number of amides is 2. The zero-order valence-corrected chi connectivity index (χ0v) is 17.6. The van der Waals surface area contributed by atoms with Crippen molar-refractivity contribution >= 4 is 17.8 Å². The molecule has 7 nitrogen and oxygen atoms in total. The fraction of sp³-hybridized carbons (Fsp3) is 0.348. The first kappa shape index (κ1) is 21.4. The van der Waals surface area contributed by atoms with E-state index in [0.29, 0.717) is 31.7 Å². The second-order valence-corrected chi connectivity index (χ2v) is 7.31. The van der Waals surface area contributed by atoms with Crippen LogP contribution in [0.15, 0.2) is 53.5 Å². The van der Waals surface area contributed by atoms with Crippen molar-refractivity contribution in [1.29, 1.82) is 0 Å². The van der Waals surface area contributed by atoms with Gasteiger partial charge in [0.1, 0.15) is 0 Å². The molecule has 3 N–H and O–H groups in total. The smallest absolute Gasteiger partial charge is 0.254 e. The van der Waals surface area contributed by atoms with E-state index in [9.17, 15) is 9.59 Å². The van der Waals surface area contributed by atoms with Crippen molar-refractivity contribution in [2.24, 2.45) is 4.99 Å². The molecule has 2 aromatic rings. The molecule has 30 heavy (non-hydrogen) atoms. The summed E-state index contributed by atoms with van der Waals surface area (Å²) >= 11 is 0. The summed E-state index contributed by atoms with van der Waals surface area (Å²) < 4.78 is 0. The molecule has 0 aromatic heterocycles. The maximum absolute atomic E-state index is 12.6. The SMILES string of the molecule is CCNC(=NCc1cccc(C)c1)NCc1ccc(C(=O)N2CCNC(=O)C2)cc1. The Labute approximate surface area is 177 Å². The van der Waals surface area contributed by atoms with E-state index >= 15 is 0 Å². The average Bonchev–Trinajstić information content (AvgIpc) is 2.75. The summed E-state index contributed by atoms with van der Waals surface area (Å²) in [6, 6.07) is 15.8. The van der Waals surface area contributed by atoms with Gasteiger partial charge in [0.2, 0.25) is 5.91 Å². The van der Waals surface area contributed by atoms with Gasteiger partial charge in [-0.05, 0) is 37.1 Å². The minimum Gasteiger partial charge on any atom is -0.357 e. The number of carbonyl (C=O) groups excluding carboxylic acids is 2. The molecule has 0 saturated carbocycles. The van der Waals surface area contributed by atoms with Crippen LogP contribution in [-0.2, 0) is 17.9 Å². The number of hydrogen-bond acceptors (Lipinski definition) is 3. The van der Waals surface area contributed by atoms with E-state index in [1.807, 2.05) is 37.3 Å². The molecule has 1 aliphatic rings. The van der Waals surface area contributed by atoms with Crippen molar-refractivity contribution in [3.8, 4) is 0 Å². The Balaban J connectivity index is 1.57. The van der Waals surface area contributed by atoms with E-state index in [-0.39, 0.29) is 18.4 Å². The van der Waals surface area contributed by atoms with Gasteiger partial charge in [-0.1, -0.05) is 42.0 Å². The minimum atomic E-state index is -0.115. The van der Waals surface area contributed by atoms with Gasteiger partial charge in [-0.15, -0.1) is 0 Å². The highest BCUT2D eigenvalue weighted by Crippen LogP contribution is 2.09. The minimum absolute atomic E-state index is 0.114. The highest BCUT2D eigenvalue weighted by atomic mass is 16.2. The summed E-state index contributed by atoms with van der Waals surface area (Å²) in [5.41, 5.74) is 4.03. The van der Waals surface area contributed by atoms with Crippen molar-refractivity contribution in [3.05, 3.63) is 70.8 Å². The maximum Gasteiger partial charge on any atom is 0.254 e. The lowest BCUT2D eigenvalue weighted by molar-refractivity contribution is -0.123. The first-order valence-electron chi connectivity index (χ1n) is 10.3. The number of piperazine rings is 1. The van der Waals surface area contributed by atoms with Crippen LogP contribution in [0.2, 0.25) is 0 Å². The molecule has 0 bridgehead atoms. The fourth-order valence-corrected chi connectivity index (χ4v) is 3.27. The van der Waals surface area contributed by atoms with Gasteiger partial charge in [-0.25, -0.2) is 4.99 Å². The van der Waals surface area contributed by atoms with Crippen molar-refractivity contribution in [1.82, 2.24) is 20.9 Å². The summed E-state index contributed by atoms with van der Waals surface area (Å²) in [5.74, 6) is 0.521. The van der Waals surface area contributed by atoms with Crippen molar-refractivity contribution in [2.75, 3.05) is 26.2 Å². The summed E-state index contributed by atoms with van der Waals surface area (Å²) in [6.07, 6.45) is 0. The molecule has 7 heteroatoms. The number of nitrogens with zero attached hydrogens (tertiary/aromatic N) is 2. The summed E-state index contributed by atoms with van der Waals surface area (Å²) in [4.78, 5) is 30.3. The fourth-order valence-electron chi connectivity index (χ4n) is 3.27. The first-order valence-corrected chi connectivity index (χ1v) is 10.3. The normalized spacial score (nSPS) is 14.3. The number of guanidine groups is 1. The van der Waals surface area contributed by atoms with Crippen LogP contribution in [0.3, 0.4) is 0 Å². The Morgan fingerprint density at radius 1 is 1.13 bits per heavy atom. The molecule has 158 valence electrons. The highest BCUT2D eigenvalue weighted by molar-refractivity contribution is 5.97. The standard InChI is InChI=1S/C23H29N5O2/c1-3-24-23(27-15-19-6-4-5-17(2)13-19)26-14-18-7-9-20(10-8-18)22(30)28-12-11-25-21(29)16-28/h4-10,13H,3,11-12,14-16H2,1-2H3,(H,25,29)(H2,24,26,27). The average molecular weight is 408 g/mol. The highest BCUT2D eigenvalue weighted by Gasteiger charge is 2.22. The molecule has 1 aliphatic heterocycles. The molecule has 2 aromatic carbocycles. The van der Waals surface area contributed by atoms with Gasteiger partial charge in [-0.3, -0.25) is 9.59 Å². The van der Waals surface area contributed by atoms with Crippen LogP contribution in [0, 0.1) is 6.92 Å². The molecule has 0 radical (unpaired) electrons. The number of nitrogens with one attached hydrogen (secondary N) is 3. The lowest BCUT2D eigenvalue weighted by Crippen LogP contribution is -2.49. The Hall–Kier alpha value is -3.35. The third-order valence-electron chi connectivity index (χ3n) is 4.83. The quantitative estimate of drug-likeness (QED) is 0.504. The number of carbonyl (C=O) groups is 2. The van der Waals surface area contributed by atoms with Gasteiger partial charge >= 0.3 is 0 Å². The molecule has 1 heterocycles. The predicted octanol–water partition coefficient (Wildman–Crippen LogP) is 1.82. The molecular formula is C23H29N5O2. The molecule has 0 atom stereocenters. The topological polar surface area (TPSA) is 85.8 Å². The van der Waals surface area contributed by atoms with Gasteiger partial charge in [0.15, 0.2) is 5.96 Å².